The van der Waals surface area contributed by atoms with Crippen molar-refractivity contribution in [2.24, 2.45) is 0 Å². The number of amides is 1. The number of carbonyl (C=O) groups excluding carboxylic acids is 1. The van der Waals surface area contributed by atoms with Gasteiger partial charge < -0.3 is 10.6 Å². The van der Waals surface area contributed by atoms with E-state index in [0.717, 1.165) is 5.56 Å². The van der Waals surface area contributed by atoms with Crippen molar-refractivity contribution in [1.29, 1.82) is 0 Å². The van der Waals surface area contributed by atoms with Crippen molar-refractivity contribution in [3.8, 4) is 0 Å². The van der Waals surface area contributed by atoms with Crippen molar-refractivity contribution in [2.45, 2.75) is 6.92 Å². The first kappa shape index (κ1) is 17.2. The number of nitrogens with one attached hydrogen (secondary N) is 2. The van der Waals surface area contributed by atoms with Crippen molar-refractivity contribution >= 4 is 46.3 Å². The van der Waals surface area contributed by atoms with Crippen molar-refractivity contribution in [3.63, 3.8) is 0 Å². The monoisotopic (exact) mass is 372 g/mol. The molecule has 7 heteroatoms. The summed E-state index contributed by atoms with van der Waals surface area (Å²) >= 11 is 11.9. The second-order valence-corrected chi connectivity index (χ2v) is 6.27. The Labute approximate surface area is 155 Å². The molecule has 0 spiro atoms. The fourth-order valence-corrected chi connectivity index (χ4v) is 2.73. The Morgan fingerprint density at radius 2 is 1.72 bits per heavy atom. The molecule has 0 aliphatic heterocycles. The number of hydrogen-bond acceptors (Lipinski definition) is 4. The molecule has 2 aromatic carbocycles. The predicted octanol–water partition coefficient (Wildman–Crippen LogP) is 5.09. The molecule has 2 N–H and O–H groups in total. The number of anilines is 3. The molecule has 0 saturated heterocycles. The van der Waals surface area contributed by atoms with Crippen LogP contribution in [0.3, 0.4) is 0 Å². The van der Waals surface area contributed by atoms with Gasteiger partial charge in [-0.15, -0.1) is 0 Å². The van der Waals surface area contributed by atoms with E-state index in [1.54, 1.807) is 18.2 Å². The molecule has 1 aromatic heterocycles. The molecular formula is C18H14Cl2N4O. The van der Waals surface area contributed by atoms with Crippen LogP contribution in [0.1, 0.15) is 16.1 Å². The van der Waals surface area contributed by atoms with Gasteiger partial charge in [-0.05, 0) is 42.8 Å². The Morgan fingerprint density at radius 1 is 0.960 bits per heavy atom. The highest BCUT2D eigenvalue weighted by atomic mass is 35.5. The molecule has 1 amide bonds. The van der Waals surface area contributed by atoms with Gasteiger partial charge in [0.1, 0.15) is 11.5 Å². The first-order chi connectivity index (χ1) is 12.0. The highest BCUT2D eigenvalue weighted by Crippen LogP contribution is 2.24. The van der Waals surface area contributed by atoms with Gasteiger partial charge in [0.15, 0.2) is 0 Å². The molecule has 0 aliphatic carbocycles. The fraction of sp³-hybridized carbons (Fsp3) is 0.0556. The average molecular weight is 373 g/mol. The summed E-state index contributed by atoms with van der Waals surface area (Å²) in [5.41, 5.74) is 2.67. The van der Waals surface area contributed by atoms with Gasteiger partial charge in [0.05, 0.1) is 12.4 Å². The third-order valence-electron chi connectivity index (χ3n) is 3.30. The summed E-state index contributed by atoms with van der Waals surface area (Å²) in [7, 11) is 0. The van der Waals surface area contributed by atoms with Gasteiger partial charge in [0, 0.05) is 21.4 Å². The van der Waals surface area contributed by atoms with E-state index >= 15 is 0 Å². The fourth-order valence-electron chi connectivity index (χ4n) is 2.20. The van der Waals surface area contributed by atoms with Crippen LogP contribution in [-0.2, 0) is 0 Å². The molecule has 25 heavy (non-hydrogen) atoms. The van der Waals surface area contributed by atoms with Gasteiger partial charge >= 0.3 is 0 Å². The Morgan fingerprint density at radius 3 is 2.36 bits per heavy atom. The van der Waals surface area contributed by atoms with Crippen LogP contribution in [0.5, 0.6) is 0 Å². The van der Waals surface area contributed by atoms with Crippen molar-refractivity contribution in [3.05, 3.63) is 76.2 Å². The lowest BCUT2D eigenvalue weighted by Gasteiger charge is -2.08. The summed E-state index contributed by atoms with van der Waals surface area (Å²) in [5.74, 6) is 0.154. The molecule has 0 unspecified atom stereocenters. The molecule has 3 rings (SSSR count). The predicted molar refractivity (Wildman–Crippen MR) is 101 cm³/mol. The van der Waals surface area contributed by atoms with E-state index in [-0.39, 0.29) is 11.6 Å². The molecular weight excluding hydrogens is 359 g/mol. The van der Waals surface area contributed by atoms with Gasteiger partial charge in [-0.1, -0.05) is 35.3 Å². The van der Waals surface area contributed by atoms with Crippen LogP contribution in [0.4, 0.5) is 17.2 Å². The Hall–Kier alpha value is -2.63. The van der Waals surface area contributed by atoms with E-state index in [1.165, 1.54) is 12.4 Å². The largest absolute Gasteiger partial charge is 0.339 e. The Balaban J connectivity index is 1.70. The van der Waals surface area contributed by atoms with Crippen molar-refractivity contribution in [2.75, 3.05) is 10.6 Å². The number of aryl methyl sites for hydroxylation is 1. The normalized spacial score (nSPS) is 10.4. The topological polar surface area (TPSA) is 66.9 Å². The van der Waals surface area contributed by atoms with Crippen LogP contribution in [0.25, 0.3) is 0 Å². The van der Waals surface area contributed by atoms with Crippen LogP contribution < -0.4 is 10.6 Å². The van der Waals surface area contributed by atoms with Crippen LogP contribution in [0.2, 0.25) is 10.0 Å². The summed E-state index contributed by atoms with van der Waals surface area (Å²) in [6, 6.07) is 12.6. The third kappa shape index (κ3) is 4.68. The molecule has 0 fully saturated rings. The Kier molecular flexibility index (Phi) is 5.16. The van der Waals surface area contributed by atoms with Gasteiger partial charge in [0.2, 0.25) is 0 Å². The SMILES string of the molecule is Cc1cccc(NC(=O)c2cnc(Nc3cc(Cl)cc(Cl)c3)cn2)c1. The van der Waals surface area contributed by atoms with E-state index in [1.807, 2.05) is 31.2 Å². The first-order valence-electron chi connectivity index (χ1n) is 7.43. The van der Waals surface area contributed by atoms with E-state index in [4.69, 9.17) is 23.2 Å². The summed E-state index contributed by atoms with van der Waals surface area (Å²) in [6.07, 6.45) is 2.87. The minimum absolute atomic E-state index is 0.219. The number of halogens is 2. The number of carbonyl (C=O) groups is 1. The van der Waals surface area contributed by atoms with Crippen LogP contribution in [-0.4, -0.2) is 15.9 Å². The smallest absolute Gasteiger partial charge is 0.275 e. The first-order valence-corrected chi connectivity index (χ1v) is 8.18. The number of benzene rings is 2. The molecule has 0 atom stereocenters. The highest BCUT2D eigenvalue weighted by Gasteiger charge is 2.09. The molecule has 0 saturated carbocycles. The summed E-state index contributed by atoms with van der Waals surface area (Å²) in [4.78, 5) is 20.5. The van der Waals surface area contributed by atoms with Gasteiger partial charge in [0.25, 0.3) is 5.91 Å². The van der Waals surface area contributed by atoms with E-state index < -0.39 is 0 Å². The van der Waals surface area contributed by atoms with E-state index in [9.17, 15) is 4.79 Å². The lowest BCUT2D eigenvalue weighted by atomic mass is 10.2. The van der Waals surface area contributed by atoms with Crippen LogP contribution in [0, 0.1) is 6.92 Å². The van der Waals surface area contributed by atoms with Gasteiger partial charge in [-0.3, -0.25) is 4.79 Å². The lowest BCUT2D eigenvalue weighted by molar-refractivity contribution is 0.102. The summed E-state index contributed by atoms with van der Waals surface area (Å²) in [6.45, 7) is 1.96. The highest BCUT2D eigenvalue weighted by molar-refractivity contribution is 6.35. The number of aromatic nitrogens is 2. The van der Waals surface area contributed by atoms with Gasteiger partial charge in [-0.2, -0.15) is 0 Å². The minimum atomic E-state index is -0.324. The maximum absolute atomic E-state index is 12.2. The maximum Gasteiger partial charge on any atom is 0.275 e. The minimum Gasteiger partial charge on any atom is -0.339 e. The molecule has 3 aromatic rings. The van der Waals surface area contributed by atoms with Gasteiger partial charge in [-0.25, -0.2) is 9.97 Å². The van der Waals surface area contributed by atoms with Crippen molar-refractivity contribution < 1.29 is 4.79 Å². The standard InChI is InChI=1S/C18H14Cl2N4O/c1-11-3-2-4-14(5-11)24-18(25)16-9-22-17(10-21-16)23-15-7-12(19)6-13(20)8-15/h2-10H,1H3,(H,22,23)(H,24,25). The molecule has 1 heterocycles. The van der Waals surface area contributed by atoms with Crippen LogP contribution in [0.15, 0.2) is 54.9 Å². The second kappa shape index (κ2) is 7.51. The molecule has 126 valence electrons. The zero-order valence-electron chi connectivity index (χ0n) is 13.3. The quantitative estimate of drug-likeness (QED) is 0.669. The zero-order valence-corrected chi connectivity index (χ0v) is 14.8. The maximum atomic E-state index is 12.2. The summed E-state index contributed by atoms with van der Waals surface area (Å²) in [5, 5.41) is 6.84. The molecule has 5 nitrogen and oxygen atoms in total. The van der Waals surface area contributed by atoms with Crippen molar-refractivity contribution in [1.82, 2.24) is 9.97 Å². The zero-order chi connectivity index (χ0) is 17.8. The number of nitrogens with zero attached hydrogens (tertiary/aromatic N) is 2. The third-order valence-corrected chi connectivity index (χ3v) is 3.73. The summed E-state index contributed by atoms with van der Waals surface area (Å²) < 4.78 is 0. The Bertz CT molecular complexity index is 893. The second-order valence-electron chi connectivity index (χ2n) is 5.39. The number of hydrogen-bond donors (Lipinski definition) is 2. The number of rotatable bonds is 4. The molecule has 0 bridgehead atoms. The van der Waals surface area contributed by atoms with E-state index in [0.29, 0.717) is 27.2 Å². The van der Waals surface area contributed by atoms with E-state index in [2.05, 4.69) is 20.6 Å². The average Bonchev–Trinajstić information content (AvgIpc) is 2.54. The lowest BCUT2D eigenvalue weighted by Crippen LogP contribution is -2.14. The molecule has 0 aliphatic rings. The molecule has 0 radical (unpaired) electrons. The van der Waals surface area contributed by atoms with Crippen LogP contribution >= 0.6 is 23.2 Å².